The molecular weight excluding hydrogens is 142 g/mol. The molecule has 1 saturated carbocycles. The Hall–Kier alpha value is -0.570. The van der Waals surface area contributed by atoms with Gasteiger partial charge in [0.2, 0.25) is 5.91 Å². The molecule has 1 N–H and O–H groups in total. The van der Waals surface area contributed by atoms with Crippen LogP contribution in [0.15, 0.2) is 0 Å². The van der Waals surface area contributed by atoms with Gasteiger partial charge in [-0.1, -0.05) is 0 Å². The van der Waals surface area contributed by atoms with Crippen molar-refractivity contribution in [3.8, 4) is 0 Å². The summed E-state index contributed by atoms with van der Waals surface area (Å²) in [5.41, 5.74) is 0. The highest BCUT2D eigenvalue weighted by Crippen LogP contribution is 2.29. The largest absolute Gasteiger partial charge is 0.393 e. The number of aliphatic hydroxyl groups excluding tert-OH is 1. The van der Waals surface area contributed by atoms with Crippen LogP contribution in [0.5, 0.6) is 0 Å². The first-order chi connectivity index (χ1) is 5.27. The second kappa shape index (κ2) is 2.48. The highest BCUT2D eigenvalue weighted by atomic mass is 16.3. The molecule has 0 radical (unpaired) electrons. The van der Waals surface area contributed by atoms with Crippen LogP contribution in [0.1, 0.15) is 25.7 Å². The van der Waals surface area contributed by atoms with E-state index >= 15 is 0 Å². The molecule has 11 heavy (non-hydrogen) atoms. The van der Waals surface area contributed by atoms with Crippen molar-refractivity contribution in [2.24, 2.45) is 0 Å². The average molecular weight is 155 g/mol. The van der Waals surface area contributed by atoms with E-state index in [2.05, 4.69) is 0 Å². The van der Waals surface area contributed by atoms with Crippen molar-refractivity contribution in [2.75, 3.05) is 6.54 Å². The SMILES string of the molecule is O=C1CC(O)CCN1C1CC1. The molecule has 2 fully saturated rings. The Morgan fingerprint density at radius 2 is 2.09 bits per heavy atom. The van der Waals surface area contributed by atoms with Crippen LogP contribution < -0.4 is 0 Å². The number of nitrogens with zero attached hydrogens (tertiary/aromatic N) is 1. The lowest BCUT2D eigenvalue weighted by molar-refractivity contribution is -0.137. The van der Waals surface area contributed by atoms with Crippen molar-refractivity contribution in [3.05, 3.63) is 0 Å². The molecule has 1 atom stereocenters. The van der Waals surface area contributed by atoms with Gasteiger partial charge in [-0.05, 0) is 19.3 Å². The Morgan fingerprint density at radius 3 is 2.64 bits per heavy atom. The molecule has 3 heteroatoms. The highest BCUT2D eigenvalue weighted by Gasteiger charge is 2.35. The normalized spacial score (nSPS) is 32.6. The molecule has 2 rings (SSSR count). The van der Waals surface area contributed by atoms with Crippen LogP contribution in [0.25, 0.3) is 0 Å². The first-order valence-electron chi connectivity index (χ1n) is 4.25. The van der Waals surface area contributed by atoms with Crippen molar-refractivity contribution in [1.29, 1.82) is 0 Å². The van der Waals surface area contributed by atoms with Gasteiger partial charge in [-0.2, -0.15) is 0 Å². The van der Waals surface area contributed by atoms with E-state index in [-0.39, 0.29) is 12.0 Å². The van der Waals surface area contributed by atoms with Crippen molar-refractivity contribution in [2.45, 2.75) is 37.8 Å². The van der Waals surface area contributed by atoms with E-state index in [1.807, 2.05) is 4.90 Å². The van der Waals surface area contributed by atoms with Gasteiger partial charge < -0.3 is 10.0 Å². The minimum atomic E-state index is -0.377. The summed E-state index contributed by atoms with van der Waals surface area (Å²) < 4.78 is 0. The maximum atomic E-state index is 11.3. The van der Waals surface area contributed by atoms with Crippen LogP contribution in [0, 0.1) is 0 Å². The summed E-state index contributed by atoms with van der Waals surface area (Å²) >= 11 is 0. The molecule has 62 valence electrons. The Morgan fingerprint density at radius 1 is 1.36 bits per heavy atom. The summed E-state index contributed by atoms with van der Waals surface area (Å²) in [6, 6.07) is 0.523. The lowest BCUT2D eigenvalue weighted by Crippen LogP contribution is -2.41. The third-order valence-electron chi connectivity index (χ3n) is 2.42. The number of rotatable bonds is 1. The zero-order valence-corrected chi connectivity index (χ0v) is 6.49. The second-order valence-corrected chi connectivity index (χ2v) is 3.46. The average Bonchev–Trinajstić information content (AvgIpc) is 2.70. The fraction of sp³-hybridized carbons (Fsp3) is 0.875. The summed E-state index contributed by atoms with van der Waals surface area (Å²) in [4.78, 5) is 13.2. The van der Waals surface area contributed by atoms with Crippen molar-refractivity contribution in [1.82, 2.24) is 4.90 Å². The molecular formula is C8H13NO2. The number of amides is 1. The van der Waals surface area contributed by atoms with E-state index in [0.717, 1.165) is 13.0 Å². The van der Waals surface area contributed by atoms with Crippen molar-refractivity contribution >= 4 is 5.91 Å². The number of likely N-dealkylation sites (tertiary alicyclic amines) is 1. The summed E-state index contributed by atoms with van der Waals surface area (Å²) in [7, 11) is 0. The molecule has 0 aromatic heterocycles. The standard InChI is InChI=1S/C8H13NO2/c10-7-3-4-9(6-1-2-6)8(11)5-7/h6-7,10H,1-5H2. The summed E-state index contributed by atoms with van der Waals surface area (Å²) in [6.07, 6.45) is 3.07. The Bertz CT molecular complexity index is 177. The fourth-order valence-electron chi connectivity index (χ4n) is 1.61. The molecule has 1 amide bonds. The number of carbonyl (C=O) groups excluding carboxylic acids is 1. The maximum absolute atomic E-state index is 11.3. The van der Waals surface area contributed by atoms with Crippen LogP contribution >= 0.6 is 0 Å². The third kappa shape index (κ3) is 1.38. The lowest BCUT2D eigenvalue weighted by atomic mass is 10.1. The van der Waals surface area contributed by atoms with Gasteiger partial charge in [-0.25, -0.2) is 0 Å². The van der Waals surface area contributed by atoms with E-state index in [0.29, 0.717) is 12.5 Å². The maximum Gasteiger partial charge on any atom is 0.225 e. The fourth-order valence-corrected chi connectivity index (χ4v) is 1.61. The number of carbonyl (C=O) groups is 1. The lowest BCUT2D eigenvalue weighted by Gasteiger charge is -2.29. The van der Waals surface area contributed by atoms with Gasteiger partial charge in [0.05, 0.1) is 12.5 Å². The number of piperidine rings is 1. The van der Waals surface area contributed by atoms with Crippen molar-refractivity contribution in [3.63, 3.8) is 0 Å². The first-order valence-corrected chi connectivity index (χ1v) is 4.25. The van der Waals surface area contributed by atoms with E-state index in [9.17, 15) is 4.79 Å². The van der Waals surface area contributed by atoms with E-state index in [1.165, 1.54) is 12.8 Å². The number of hydrogen-bond donors (Lipinski definition) is 1. The zero-order chi connectivity index (χ0) is 7.84. The van der Waals surface area contributed by atoms with Gasteiger partial charge in [0.1, 0.15) is 0 Å². The van der Waals surface area contributed by atoms with Gasteiger partial charge in [-0.15, -0.1) is 0 Å². The molecule has 2 aliphatic rings. The smallest absolute Gasteiger partial charge is 0.225 e. The van der Waals surface area contributed by atoms with Crippen molar-refractivity contribution < 1.29 is 9.90 Å². The van der Waals surface area contributed by atoms with Gasteiger partial charge in [0.15, 0.2) is 0 Å². The van der Waals surface area contributed by atoms with E-state index < -0.39 is 0 Å². The monoisotopic (exact) mass is 155 g/mol. The molecule has 3 nitrogen and oxygen atoms in total. The van der Waals surface area contributed by atoms with Crippen LogP contribution in [0.4, 0.5) is 0 Å². The molecule has 1 unspecified atom stereocenters. The van der Waals surface area contributed by atoms with E-state index in [4.69, 9.17) is 5.11 Å². The molecule has 1 aliphatic heterocycles. The van der Waals surface area contributed by atoms with Gasteiger partial charge in [0, 0.05) is 12.6 Å². The molecule has 0 spiro atoms. The van der Waals surface area contributed by atoms with Crippen LogP contribution in [-0.4, -0.2) is 34.6 Å². The summed E-state index contributed by atoms with van der Waals surface area (Å²) in [6.45, 7) is 0.769. The molecule has 1 aliphatic carbocycles. The number of aliphatic hydroxyl groups is 1. The van der Waals surface area contributed by atoms with E-state index in [1.54, 1.807) is 0 Å². The molecule has 0 aromatic rings. The van der Waals surface area contributed by atoms with Gasteiger partial charge in [-0.3, -0.25) is 4.79 Å². The molecule has 0 bridgehead atoms. The Labute approximate surface area is 66.0 Å². The third-order valence-corrected chi connectivity index (χ3v) is 2.42. The Balaban J connectivity index is 1.95. The Kier molecular flexibility index (Phi) is 1.60. The quantitative estimate of drug-likeness (QED) is 0.584. The first kappa shape index (κ1) is 7.10. The van der Waals surface area contributed by atoms with Crippen LogP contribution in [-0.2, 0) is 4.79 Å². The predicted octanol–water partition coefficient (Wildman–Crippen LogP) is 0.132. The van der Waals surface area contributed by atoms with Gasteiger partial charge >= 0.3 is 0 Å². The second-order valence-electron chi connectivity index (χ2n) is 3.46. The molecule has 1 heterocycles. The predicted molar refractivity (Wildman–Crippen MR) is 40.0 cm³/mol. The van der Waals surface area contributed by atoms with Gasteiger partial charge in [0.25, 0.3) is 0 Å². The molecule has 1 saturated heterocycles. The molecule has 0 aromatic carbocycles. The summed E-state index contributed by atoms with van der Waals surface area (Å²) in [5.74, 6) is 0.145. The number of hydrogen-bond acceptors (Lipinski definition) is 2. The van der Waals surface area contributed by atoms with Crippen LogP contribution in [0.2, 0.25) is 0 Å². The topological polar surface area (TPSA) is 40.5 Å². The minimum absolute atomic E-state index is 0.145. The summed E-state index contributed by atoms with van der Waals surface area (Å²) in [5, 5.41) is 9.15. The minimum Gasteiger partial charge on any atom is -0.393 e. The highest BCUT2D eigenvalue weighted by molar-refractivity contribution is 5.78. The van der Waals surface area contributed by atoms with Crippen LogP contribution in [0.3, 0.4) is 0 Å². The zero-order valence-electron chi connectivity index (χ0n) is 6.49.